The fourth-order valence-corrected chi connectivity index (χ4v) is 2.81. The van der Waals surface area contributed by atoms with E-state index in [9.17, 15) is 0 Å². The summed E-state index contributed by atoms with van der Waals surface area (Å²) in [5.41, 5.74) is 0. The molecule has 0 aliphatic carbocycles. The van der Waals surface area contributed by atoms with E-state index in [1.807, 2.05) is 0 Å². The summed E-state index contributed by atoms with van der Waals surface area (Å²) in [4.78, 5) is 6.89. The number of ether oxygens (including phenoxy) is 2. The summed E-state index contributed by atoms with van der Waals surface area (Å²) in [6.45, 7) is 4.82. The molecule has 2 saturated heterocycles. The van der Waals surface area contributed by atoms with Crippen molar-refractivity contribution in [2.45, 2.75) is 31.5 Å². The van der Waals surface area contributed by atoms with E-state index in [1.54, 1.807) is 7.11 Å². The van der Waals surface area contributed by atoms with Crippen LogP contribution in [0.15, 0.2) is 4.52 Å². The van der Waals surface area contributed by atoms with Gasteiger partial charge in [-0.2, -0.15) is 4.98 Å². The number of aromatic nitrogens is 2. The Morgan fingerprint density at radius 2 is 2.45 bits per heavy atom. The van der Waals surface area contributed by atoms with Gasteiger partial charge in [0.15, 0.2) is 0 Å². The van der Waals surface area contributed by atoms with Gasteiger partial charge in [0.1, 0.15) is 6.10 Å². The molecule has 0 amide bonds. The molecule has 2 atom stereocenters. The smallest absolute Gasteiger partial charge is 0.240 e. The summed E-state index contributed by atoms with van der Waals surface area (Å²) in [6, 6.07) is 0.591. The maximum absolute atomic E-state index is 5.87. The van der Waals surface area contributed by atoms with Crippen LogP contribution in [0.4, 0.5) is 0 Å². The van der Waals surface area contributed by atoms with Gasteiger partial charge in [-0.15, -0.1) is 0 Å². The largest absolute Gasteiger partial charge is 0.383 e. The third-order valence-corrected chi connectivity index (χ3v) is 3.92. The molecule has 20 heavy (non-hydrogen) atoms. The molecule has 1 aromatic heterocycles. The highest BCUT2D eigenvalue weighted by atomic mass is 16.5. The van der Waals surface area contributed by atoms with Gasteiger partial charge in [0.2, 0.25) is 11.7 Å². The maximum atomic E-state index is 5.87. The Kier molecular flexibility index (Phi) is 4.62. The number of morpholine rings is 1. The number of nitrogens with one attached hydrogen (secondary N) is 1. The van der Waals surface area contributed by atoms with Crippen molar-refractivity contribution in [1.82, 2.24) is 20.4 Å². The standard InChI is InChI=1S/C13H22N4O3/c1-18-6-4-14-7-12-15-13(16-20-12)11-8-17-5-2-3-10(17)9-19-11/h10-11,14H,2-9H2,1H3. The van der Waals surface area contributed by atoms with Crippen LogP contribution >= 0.6 is 0 Å². The highest BCUT2D eigenvalue weighted by Gasteiger charge is 2.34. The summed E-state index contributed by atoms with van der Waals surface area (Å²) in [5, 5.41) is 7.23. The molecule has 7 nitrogen and oxygen atoms in total. The third kappa shape index (κ3) is 3.17. The van der Waals surface area contributed by atoms with Gasteiger partial charge in [-0.05, 0) is 19.4 Å². The van der Waals surface area contributed by atoms with Gasteiger partial charge in [-0.25, -0.2) is 0 Å². The Morgan fingerprint density at radius 3 is 3.35 bits per heavy atom. The quantitative estimate of drug-likeness (QED) is 0.754. The van der Waals surface area contributed by atoms with Gasteiger partial charge in [0, 0.05) is 26.2 Å². The lowest BCUT2D eigenvalue weighted by Gasteiger charge is -2.33. The summed E-state index contributed by atoms with van der Waals surface area (Å²) in [7, 11) is 1.68. The van der Waals surface area contributed by atoms with Gasteiger partial charge in [-0.1, -0.05) is 5.16 Å². The molecule has 0 saturated carbocycles. The fourth-order valence-electron chi connectivity index (χ4n) is 2.81. The van der Waals surface area contributed by atoms with Gasteiger partial charge < -0.3 is 19.3 Å². The second-order valence-electron chi connectivity index (χ2n) is 5.33. The fraction of sp³-hybridized carbons (Fsp3) is 0.846. The molecule has 2 aliphatic rings. The van der Waals surface area contributed by atoms with Crippen LogP contribution in [-0.4, -0.2) is 61.0 Å². The monoisotopic (exact) mass is 282 g/mol. The first-order valence-electron chi connectivity index (χ1n) is 7.24. The average molecular weight is 282 g/mol. The number of rotatable bonds is 6. The first-order chi connectivity index (χ1) is 9.86. The van der Waals surface area contributed by atoms with E-state index in [0.717, 1.165) is 26.2 Å². The minimum atomic E-state index is -0.0548. The molecular formula is C13H22N4O3. The second kappa shape index (κ2) is 6.62. The maximum Gasteiger partial charge on any atom is 0.240 e. The van der Waals surface area contributed by atoms with E-state index in [4.69, 9.17) is 14.0 Å². The van der Waals surface area contributed by atoms with Crippen LogP contribution in [-0.2, 0) is 16.0 Å². The average Bonchev–Trinajstić information content (AvgIpc) is 3.11. The lowest BCUT2D eigenvalue weighted by Crippen LogP contribution is -2.42. The summed E-state index contributed by atoms with van der Waals surface area (Å²) >= 11 is 0. The second-order valence-corrected chi connectivity index (χ2v) is 5.33. The molecule has 3 heterocycles. The zero-order valence-corrected chi connectivity index (χ0v) is 11.9. The minimum Gasteiger partial charge on any atom is -0.383 e. The summed E-state index contributed by atoms with van der Waals surface area (Å²) in [6.07, 6.45) is 2.45. The Morgan fingerprint density at radius 1 is 1.50 bits per heavy atom. The van der Waals surface area contributed by atoms with Crippen molar-refractivity contribution in [2.75, 3.05) is 40.0 Å². The Labute approximate surface area is 118 Å². The molecule has 1 N–H and O–H groups in total. The third-order valence-electron chi connectivity index (χ3n) is 3.92. The van der Waals surface area contributed by atoms with Crippen LogP contribution in [0.1, 0.15) is 30.7 Å². The molecule has 0 spiro atoms. The van der Waals surface area contributed by atoms with Crippen LogP contribution in [0.25, 0.3) is 0 Å². The topological polar surface area (TPSA) is 72.7 Å². The predicted molar refractivity (Wildman–Crippen MR) is 71.2 cm³/mol. The molecule has 0 bridgehead atoms. The number of hydrogen-bond donors (Lipinski definition) is 1. The first kappa shape index (κ1) is 13.9. The number of fused-ring (bicyclic) bond motifs is 1. The molecule has 0 radical (unpaired) electrons. The van der Waals surface area contributed by atoms with E-state index in [-0.39, 0.29) is 6.10 Å². The van der Waals surface area contributed by atoms with Gasteiger partial charge in [0.05, 0.1) is 19.8 Å². The van der Waals surface area contributed by atoms with E-state index < -0.39 is 0 Å². The summed E-state index contributed by atoms with van der Waals surface area (Å²) < 4.78 is 16.1. The van der Waals surface area contributed by atoms with Crippen molar-refractivity contribution in [1.29, 1.82) is 0 Å². The minimum absolute atomic E-state index is 0.0548. The predicted octanol–water partition coefficient (Wildman–Crippen LogP) is 0.341. The van der Waals surface area contributed by atoms with Crippen molar-refractivity contribution in [3.05, 3.63) is 11.7 Å². The van der Waals surface area contributed by atoms with Crippen LogP contribution in [0.3, 0.4) is 0 Å². The van der Waals surface area contributed by atoms with Gasteiger partial charge in [0.25, 0.3) is 0 Å². The van der Waals surface area contributed by atoms with E-state index in [1.165, 1.54) is 12.8 Å². The molecule has 7 heteroatoms. The highest BCUT2D eigenvalue weighted by molar-refractivity contribution is 4.96. The van der Waals surface area contributed by atoms with Crippen molar-refractivity contribution >= 4 is 0 Å². The number of nitrogens with zero attached hydrogens (tertiary/aromatic N) is 3. The Bertz CT molecular complexity index is 426. The normalized spacial score (nSPS) is 26.9. The number of hydrogen-bond acceptors (Lipinski definition) is 7. The van der Waals surface area contributed by atoms with Crippen molar-refractivity contribution in [3.63, 3.8) is 0 Å². The molecule has 2 unspecified atom stereocenters. The molecule has 0 aromatic carbocycles. The molecule has 112 valence electrons. The lowest BCUT2D eigenvalue weighted by atomic mass is 10.2. The zero-order chi connectivity index (χ0) is 13.8. The van der Waals surface area contributed by atoms with Crippen LogP contribution in [0.2, 0.25) is 0 Å². The summed E-state index contributed by atoms with van der Waals surface area (Å²) in [5.74, 6) is 1.27. The molecular weight excluding hydrogens is 260 g/mol. The van der Waals surface area contributed by atoms with Crippen LogP contribution in [0, 0.1) is 0 Å². The zero-order valence-electron chi connectivity index (χ0n) is 11.9. The Hall–Kier alpha value is -1.02. The molecule has 2 fully saturated rings. The van der Waals surface area contributed by atoms with Crippen LogP contribution in [0.5, 0.6) is 0 Å². The van der Waals surface area contributed by atoms with Crippen molar-refractivity contribution in [3.8, 4) is 0 Å². The first-order valence-corrected chi connectivity index (χ1v) is 7.24. The lowest BCUT2D eigenvalue weighted by molar-refractivity contribution is -0.0548. The molecule has 3 rings (SSSR count). The van der Waals surface area contributed by atoms with E-state index in [0.29, 0.717) is 30.9 Å². The SMILES string of the molecule is COCCNCc1nc(C2CN3CCCC3CO2)no1. The highest BCUT2D eigenvalue weighted by Crippen LogP contribution is 2.28. The van der Waals surface area contributed by atoms with Crippen LogP contribution < -0.4 is 5.32 Å². The Balaban J connectivity index is 1.51. The van der Waals surface area contributed by atoms with Gasteiger partial charge in [-0.3, -0.25) is 4.90 Å². The number of methoxy groups -OCH3 is 1. The van der Waals surface area contributed by atoms with Crippen molar-refractivity contribution in [2.24, 2.45) is 0 Å². The van der Waals surface area contributed by atoms with Crippen molar-refractivity contribution < 1.29 is 14.0 Å². The van der Waals surface area contributed by atoms with Gasteiger partial charge >= 0.3 is 0 Å². The van der Waals surface area contributed by atoms with E-state index >= 15 is 0 Å². The molecule has 1 aromatic rings. The van der Waals surface area contributed by atoms with E-state index in [2.05, 4.69) is 20.4 Å². The molecule has 2 aliphatic heterocycles.